The minimum Gasteiger partial charge on any atom is -0.357 e. The number of hydrogen-bond acceptors (Lipinski definition) is 5. The van der Waals surface area contributed by atoms with E-state index in [0.29, 0.717) is 19.0 Å². The summed E-state index contributed by atoms with van der Waals surface area (Å²) in [4.78, 5) is 9.94. The summed E-state index contributed by atoms with van der Waals surface area (Å²) in [6, 6.07) is 0. The molecule has 114 valence electrons. The van der Waals surface area contributed by atoms with E-state index in [1.807, 2.05) is 13.1 Å². The minimum atomic E-state index is -2.96. The number of nitrogens with one attached hydrogen (secondary N) is 2. The Kier molecular flexibility index (Phi) is 6.94. The molecule has 8 heteroatoms. The molecule has 0 unspecified atom stereocenters. The molecule has 0 spiro atoms. The van der Waals surface area contributed by atoms with Gasteiger partial charge in [0.1, 0.15) is 14.8 Å². The van der Waals surface area contributed by atoms with Crippen molar-refractivity contribution < 1.29 is 8.42 Å². The fraction of sp³-hybridized carbons (Fsp3) is 0.667. The van der Waals surface area contributed by atoms with Gasteiger partial charge < -0.3 is 10.6 Å². The molecule has 6 nitrogen and oxygen atoms in total. The summed E-state index contributed by atoms with van der Waals surface area (Å²) in [5.74, 6) is 0.707. The van der Waals surface area contributed by atoms with Crippen LogP contribution in [-0.2, 0) is 22.8 Å². The van der Waals surface area contributed by atoms with Crippen LogP contribution in [0.15, 0.2) is 11.2 Å². The summed E-state index contributed by atoms with van der Waals surface area (Å²) in [6.07, 6.45) is 4.08. The van der Waals surface area contributed by atoms with Crippen molar-refractivity contribution in [2.45, 2.75) is 26.8 Å². The first-order chi connectivity index (χ1) is 9.44. The average molecular weight is 318 g/mol. The standard InChI is InChI=1S/C12H22N4O2S2/c1-4-10-8-15-11(19-10)9-16-12(13-5-2)14-6-7-20(3,17)18/h8H,4-7,9H2,1-3H3,(H2,13,14,16). The van der Waals surface area contributed by atoms with Gasteiger partial charge in [0.05, 0.1) is 12.3 Å². The summed E-state index contributed by atoms with van der Waals surface area (Å²) in [5, 5.41) is 7.05. The predicted octanol–water partition coefficient (Wildman–Crippen LogP) is 0.805. The van der Waals surface area contributed by atoms with Crippen LogP contribution in [0.25, 0.3) is 0 Å². The maximum atomic E-state index is 11.1. The molecule has 1 rings (SSSR count). The Balaban J connectivity index is 2.53. The molecule has 0 saturated carbocycles. The molecule has 2 N–H and O–H groups in total. The zero-order chi connectivity index (χ0) is 15.0. The van der Waals surface area contributed by atoms with E-state index in [4.69, 9.17) is 0 Å². The molecule has 0 bridgehead atoms. The van der Waals surface area contributed by atoms with Gasteiger partial charge in [-0.05, 0) is 13.3 Å². The Morgan fingerprint density at radius 2 is 2.15 bits per heavy atom. The Morgan fingerprint density at radius 1 is 1.40 bits per heavy atom. The number of aryl methyl sites for hydroxylation is 1. The summed E-state index contributed by atoms with van der Waals surface area (Å²) in [6.45, 7) is 5.63. The van der Waals surface area contributed by atoms with E-state index < -0.39 is 9.84 Å². The normalized spacial score (nSPS) is 12.4. The van der Waals surface area contributed by atoms with E-state index in [0.717, 1.165) is 18.0 Å². The van der Waals surface area contributed by atoms with Crippen LogP contribution in [0, 0.1) is 0 Å². The number of hydrogen-bond donors (Lipinski definition) is 2. The van der Waals surface area contributed by atoms with Crippen molar-refractivity contribution in [1.82, 2.24) is 15.6 Å². The molecule has 1 heterocycles. The molecule has 1 aromatic heterocycles. The highest BCUT2D eigenvalue weighted by atomic mass is 32.2. The monoisotopic (exact) mass is 318 g/mol. The molecule has 0 aliphatic heterocycles. The van der Waals surface area contributed by atoms with Crippen molar-refractivity contribution >= 4 is 27.1 Å². The van der Waals surface area contributed by atoms with E-state index in [1.54, 1.807) is 11.3 Å². The second-order valence-electron chi connectivity index (χ2n) is 4.33. The van der Waals surface area contributed by atoms with Gasteiger partial charge >= 0.3 is 0 Å². The summed E-state index contributed by atoms with van der Waals surface area (Å²) in [7, 11) is -2.96. The number of sulfone groups is 1. The molecule has 0 radical (unpaired) electrons. The van der Waals surface area contributed by atoms with E-state index in [2.05, 4.69) is 27.5 Å². The van der Waals surface area contributed by atoms with Crippen LogP contribution in [-0.4, -0.2) is 44.5 Å². The maximum Gasteiger partial charge on any atom is 0.191 e. The first-order valence-corrected chi connectivity index (χ1v) is 9.45. The molecule has 20 heavy (non-hydrogen) atoms. The molecule has 0 aromatic carbocycles. The van der Waals surface area contributed by atoms with Gasteiger partial charge in [-0.2, -0.15) is 0 Å². The van der Waals surface area contributed by atoms with Crippen molar-refractivity contribution in [3.8, 4) is 0 Å². The molecular weight excluding hydrogens is 296 g/mol. The van der Waals surface area contributed by atoms with E-state index in [-0.39, 0.29) is 5.75 Å². The number of aliphatic imine (C=N–C) groups is 1. The largest absolute Gasteiger partial charge is 0.357 e. The van der Waals surface area contributed by atoms with Crippen LogP contribution in [0.4, 0.5) is 0 Å². The van der Waals surface area contributed by atoms with Gasteiger partial charge in [0.2, 0.25) is 0 Å². The molecule has 0 fully saturated rings. The van der Waals surface area contributed by atoms with Gasteiger partial charge in [-0.15, -0.1) is 11.3 Å². The molecule has 0 aliphatic rings. The van der Waals surface area contributed by atoms with E-state index in [9.17, 15) is 8.42 Å². The highest BCUT2D eigenvalue weighted by molar-refractivity contribution is 7.90. The maximum absolute atomic E-state index is 11.1. The second kappa shape index (κ2) is 8.21. The van der Waals surface area contributed by atoms with Gasteiger partial charge in [0.25, 0.3) is 0 Å². The van der Waals surface area contributed by atoms with Crippen LogP contribution in [0.5, 0.6) is 0 Å². The summed E-state index contributed by atoms with van der Waals surface area (Å²) in [5.41, 5.74) is 0. The SMILES string of the molecule is CCNC(=NCc1ncc(CC)s1)NCCS(C)(=O)=O. The molecule has 0 amide bonds. The quantitative estimate of drug-likeness (QED) is 0.574. The number of thiazole rings is 1. The topological polar surface area (TPSA) is 83.4 Å². The van der Waals surface area contributed by atoms with Crippen LogP contribution >= 0.6 is 11.3 Å². The van der Waals surface area contributed by atoms with Crippen LogP contribution in [0.2, 0.25) is 0 Å². The van der Waals surface area contributed by atoms with Gasteiger partial charge in [-0.1, -0.05) is 6.92 Å². The molecular formula is C12H22N4O2S2. The van der Waals surface area contributed by atoms with Crippen molar-refractivity contribution in [3.63, 3.8) is 0 Å². The summed E-state index contributed by atoms with van der Waals surface area (Å²) >= 11 is 1.65. The first-order valence-electron chi connectivity index (χ1n) is 6.58. The third kappa shape index (κ3) is 6.85. The third-order valence-electron chi connectivity index (χ3n) is 2.43. The Hall–Kier alpha value is -1.15. The molecule has 0 saturated heterocycles. The van der Waals surface area contributed by atoms with E-state index >= 15 is 0 Å². The van der Waals surface area contributed by atoms with Gasteiger partial charge in [-0.25, -0.2) is 18.4 Å². The van der Waals surface area contributed by atoms with Crippen LogP contribution in [0.1, 0.15) is 23.7 Å². The average Bonchev–Trinajstić information content (AvgIpc) is 2.82. The van der Waals surface area contributed by atoms with Crippen molar-refractivity contribution in [3.05, 3.63) is 16.1 Å². The second-order valence-corrected chi connectivity index (χ2v) is 7.79. The minimum absolute atomic E-state index is 0.0919. The number of rotatable bonds is 7. The Morgan fingerprint density at radius 3 is 2.70 bits per heavy atom. The zero-order valence-electron chi connectivity index (χ0n) is 12.1. The van der Waals surface area contributed by atoms with Crippen LogP contribution in [0.3, 0.4) is 0 Å². The van der Waals surface area contributed by atoms with Crippen LogP contribution < -0.4 is 10.6 Å². The lowest BCUT2D eigenvalue weighted by atomic mass is 10.4. The zero-order valence-corrected chi connectivity index (χ0v) is 13.8. The van der Waals surface area contributed by atoms with Gasteiger partial charge in [0.15, 0.2) is 5.96 Å². The first kappa shape index (κ1) is 16.9. The number of aromatic nitrogens is 1. The third-order valence-corrected chi connectivity index (χ3v) is 4.50. The summed E-state index contributed by atoms with van der Waals surface area (Å²) < 4.78 is 22.2. The Bertz CT molecular complexity index is 537. The number of nitrogens with zero attached hydrogens (tertiary/aromatic N) is 2. The van der Waals surface area contributed by atoms with E-state index in [1.165, 1.54) is 11.1 Å². The number of guanidine groups is 1. The Labute approximate surface area is 124 Å². The highest BCUT2D eigenvalue weighted by Crippen LogP contribution is 2.13. The molecule has 0 aliphatic carbocycles. The molecule has 1 aromatic rings. The van der Waals surface area contributed by atoms with Crippen molar-refractivity contribution in [1.29, 1.82) is 0 Å². The fourth-order valence-corrected chi connectivity index (χ4v) is 2.69. The fourth-order valence-electron chi connectivity index (χ4n) is 1.43. The molecule has 0 atom stereocenters. The smallest absolute Gasteiger partial charge is 0.191 e. The lowest BCUT2D eigenvalue weighted by Crippen LogP contribution is -2.39. The lowest BCUT2D eigenvalue weighted by molar-refractivity contribution is 0.600. The highest BCUT2D eigenvalue weighted by Gasteiger charge is 2.04. The lowest BCUT2D eigenvalue weighted by Gasteiger charge is -2.10. The van der Waals surface area contributed by atoms with Gasteiger partial charge in [-0.3, -0.25) is 0 Å². The van der Waals surface area contributed by atoms with Crippen molar-refractivity contribution in [2.75, 3.05) is 25.1 Å². The van der Waals surface area contributed by atoms with Gasteiger partial charge in [0, 0.05) is 30.4 Å². The van der Waals surface area contributed by atoms with Crippen molar-refractivity contribution in [2.24, 2.45) is 4.99 Å². The predicted molar refractivity (Wildman–Crippen MR) is 84.0 cm³/mol.